The summed E-state index contributed by atoms with van der Waals surface area (Å²) in [6, 6.07) is 2.52. The van der Waals surface area contributed by atoms with Gasteiger partial charge >= 0.3 is 5.97 Å². The van der Waals surface area contributed by atoms with Crippen molar-refractivity contribution in [3.05, 3.63) is 34.1 Å². The molecule has 1 amide bonds. The highest BCUT2D eigenvalue weighted by Crippen LogP contribution is 2.25. The Bertz CT molecular complexity index is 536. The number of likely N-dealkylation sites (tertiary alicyclic amines) is 1. The zero-order valence-electron chi connectivity index (χ0n) is 9.72. The van der Waals surface area contributed by atoms with Crippen LogP contribution < -0.4 is 0 Å². The Balaban J connectivity index is 2.33. The van der Waals surface area contributed by atoms with Crippen molar-refractivity contribution in [2.24, 2.45) is 0 Å². The summed E-state index contributed by atoms with van der Waals surface area (Å²) in [5.41, 5.74) is 0.0420. The Morgan fingerprint density at radius 1 is 1.42 bits per heavy atom. The zero-order chi connectivity index (χ0) is 14.2. The molecule has 2 N–H and O–H groups in total. The number of benzene rings is 1. The molecule has 7 heteroatoms. The van der Waals surface area contributed by atoms with Gasteiger partial charge in [-0.05, 0) is 34.1 Å². The Kier molecular flexibility index (Phi) is 3.86. The van der Waals surface area contributed by atoms with E-state index in [1.807, 2.05) is 0 Å². The predicted octanol–water partition coefficient (Wildman–Crippen LogP) is 1.25. The van der Waals surface area contributed by atoms with Crippen LogP contribution in [0.3, 0.4) is 0 Å². The molecule has 1 aromatic carbocycles. The minimum Gasteiger partial charge on any atom is -0.480 e. The quantitative estimate of drug-likeness (QED) is 0.854. The maximum Gasteiger partial charge on any atom is 0.326 e. The van der Waals surface area contributed by atoms with E-state index in [0.717, 1.165) is 11.0 Å². The smallest absolute Gasteiger partial charge is 0.326 e. The van der Waals surface area contributed by atoms with Gasteiger partial charge in [-0.1, -0.05) is 0 Å². The summed E-state index contributed by atoms with van der Waals surface area (Å²) < 4.78 is 13.5. The second kappa shape index (κ2) is 5.26. The molecule has 0 aliphatic carbocycles. The van der Waals surface area contributed by atoms with Crippen LogP contribution in [0.25, 0.3) is 0 Å². The number of aliphatic hydroxyl groups is 1. The summed E-state index contributed by atoms with van der Waals surface area (Å²) in [6.07, 6.45) is -0.897. The van der Waals surface area contributed by atoms with Crippen LogP contribution in [-0.2, 0) is 4.79 Å². The van der Waals surface area contributed by atoms with Crippen molar-refractivity contribution in [1.29, 1.82) is 0 Å². The highest BCUT2D eigenvalue weighted by atomic mass is 79.9. The Hall–Kier alpha value is -1.47. The molecule has 102 valence electrons. The molecule has 0 aromatic heterocycles. The highest BCUT2D eigenvalue weighted by Gasteiger charge is 2.39. The van der Waals surface area contributed by atoms with E-state index in [1.165, 1.54) is 12.1 Å². The van der Waals surface area contributed by atoms with Gasteiger partial charge in [-0.3, -0.25) is 4.79 Å². The number of hydrogen-bond donors (Lipinski definition) is 2. The van der Waals surface area contributed by atoms with Crippen LogP contribution in [-0.4, -0.2) is 45.7 Å². The third-order valence-electron chi connectivity index (χ3n) is 2.98. The maximum atomic E-state index is 13.2. The number of carboxylic acid groups (broad SMARTS) is 1. The fraction of sp³-hybridized carbons (Fsp3) is 0.333. The lowest BCUT2D eigenvalue weighted by Gasteiger charge is -2.21. The van der Waals surface area contributed by atoms with E-state index in [-0.39, 0.29) is 18.5 Å². The van der Waals surface area contributed by atoms with Crippen LogP contribution in [0.15, 0.2) is 22.7 Å². The molecule has 0 saturated carbocycles. The molecule has 0 spiro atoms. The molecular weight excluding hydrogens is 321 g/mol. The van der Waals surface area contributed by atoms with Gasteiger partial charge in [0.1, 0.15) is 11.9 Å². The third-order valence-corrected chi connectivity index (χ3v) is 3.68. The molecular formula is C12H11BrFNO4. The molecule has 0 unspecified atom stereocenters. The number of carbonyl (C=O) groups excluding carboxylic acids is 1. The summed E-state index contributed by atoms with van der Waals surface area (Å²) >= 11 is 3.13. The number of hydrogen-bond acceptors (Lipinski definition) is 3. The second-order valence-corrected chi connectivity index (χ2v) is 5.18. The van der Waals surface area contributed by atoms with E-state index in [2.05, 4.69) is 15.9 Å². The number of halogens is 2. The molecule has 1 aromatic rings. The largest absolute Gasteiger partial charge is 0.480 e. The molecule has 0 radical (unpaired) electrons. The van der Waals surface area contributed by atoms with Gasteiger partial charge in [-0.25, -0.2) is 9.18 Å². The molecule has 1 aliphatic heterocycles. The van der Waals surface area contributed by atoms with Gasteiger partial charge in [0.25, 0.3) is 5.91 Å². The molecule has 1 saturated heterocycles. The number of rotatable bonds is 2. The first-order valence-corrected chi connectivity index (χ1v) is 6.36. The van der Waals surface area contributed by atoms with E-state index in [0.29, 0.717) is 4.47 Å². The molecule has 1 fully saturated rings. The lowest BCUT2D eigenvalue weighted by molar-refractivity contribution is -0.141. The summed E-state index contributed by atoms with van der Waals surface area (Å²) in [5, 5.41) is 18.5. The van der Waals surface area contributed by atoms with Gasteiger partial charge in [0.2, 0.25) is 0 Å². The SMILES string of the molecule is O=C(O)[C@@H]1C[C@H](O)CN1C(=O)c1cc(F)ccc1Br. The van der Waals surface area contributed by atoms with Gasteiger partial charge < -0.3 is 15.1 Å². The first-order valence-electron chi connectivity index (χ1n) is 5.57. The maximum absolute atomic E-state index is 13.2. The van der Waals surface area contributed by atoms with E-state index in [1.54, 1.807) is 0 Å². The fourth-order valence-electron chi connectivity index (χ4n) is 2.09. The van der Waals surface area contributed by atoms with Crippen molar-refractivity contribution in [3.8, 4) is 0 Å². The topological polar surface area (TPSA) is 77.8 Å². The number of nitrogens with zero attached hydrogens (tertiary/aromatic N) is 1. The summed E-state index contributed by atoms with van der Waals surface area (Å²) in [5.74, 6) is -2.38. The average molecular weight is 332 g/mol. The molecule has 1 heterocycles. The molecule has 1 aliphatic rings. The minimum absolute atomic E-state index is 0.0198. The van der Waals surface area contributed by atoms with Crippen molar-refractivity contribution in [3.63, 3.8) is 0 Å². The van der Waals surface area contributed by atoms with Crippen LogP contribution in [0.1, 0.15) is 16.8 Å². The van der Waals surface area contributed by atoms with Gasteiger partial charge in [-0.15, -0.1) is 0 Å². The molecule has 0 bridgehead atoms. The average Bonchev–Trinajstić information content (AvgIpc) is 2.74. The van der Waals surface area contributed by atoms with Crippen molar-refractivity contribution < 1.29 is 24.2 Å². The van der Waals surface area contributed by atoms with E-state index < -0.39 is 29.8 Å². The van der Waals surface area contributed by atoms with Crippen molar-refractivity contribution in [2.45, 2.75) is 18.6 Å². The number of carboxylic acids is 1. The van der Waals surface area contributed by atoms with Crippen molar-refractivity contribution in [2.75, 3.05) is 6.54 Å². The predicted molar refractivity (Wildman–Crippen MR) is 67.2 cm³/mol. The van der Waals surface area contributed by atoms with Crippen LogP contribution in [0.4, 0.5) is 4.39 Å². The zero-order valence-corrected chi connectivity index (χ0v) is 11.3. The first-order chi connectivity index (χ1) is 8.90. The van der Waals surface area contributed by atoms with E-state index in [9.17, 15) is 19.1 Å². The van der Waals surface area contributed by atoms with Crippen LogP contribution in [0.2, 0.25) is 0 Å². The molecule has 5 nitrogen and oxygen atoms in total. The van der Waals surface area contributed by atoms with Gasteiger partial charge in [0, 0.05) is 17.4 Å². The monoisotopic (exact) mass is 331 g/mol. The van der Waals surface area contributed by atoms with Gasteiger partial charge in [0.05, 0.1) is 11.7 Å². The van der Waals surface area contributed by atoms with Gasteiger partial charge in [0.15, 0.2) is 0 Å². The van der Waals surface area contributed by atoms with E-state index in [4.69, 9.17) is 5.11 Å². The summed E-state index contributed by atoms with van der Waals surface area (Å²) in [4.78, 5) is 24.3. The minimum atomic E-state index is -1.18. The Morgan fingerprint density at radius 3 is 2.74 bits per heavy atom. The van der Waals surface area contributed by atoms with Crippen LogP contribution in [0.5, 0.6) is 0 Å². The standard InChI is InChI=1S/C12H11BrFNO4/c13-9-2-1-6(14)3-8(9)11(17)15-5-7(16)4-10(15)12(18)19/h1-3,7,10,16H,4-5H2,(H,18,19)/t7-,10-/m0/s1. The molecule has 19 heavy (non-hydrogen) atoms. The van der Waals surface area contributed by atoms with Crippen LogP contribution in [0, 0.1) is 5.82 Å². The van der Waals surface area contributed by atoms with Crippen molar-refractivity contribution in [1.82, 2.24) is 4.90 Å². The summed E-state index contributed by atoms with van der Waals surface area (Å²) in [7, 11) is 0. The Morgan fingerprint density at radius 2 is 2.11 bits per heavy atom. The third kappa shape index (κ3) is 2.76. The lowest BCUT2D eigenvalue weighted by Crippen LogP contribution is -2.40. The Labute approximate surface area is 116 Å². The highest BCUT2D eigenvalue weighted by molar-refractivity contribution is 9.10. The van der Waals surface area contributed by atoms with Crippen molar-refractivity contribution >= 4 is 27.8 Å². The molecule has 2 atom stereocenters. The van der Waals surface area contributed by atoms with Crippen LogP contribution >= 0.6 is 15.9 Å². The number of aliphatic hydroxyl groups excluding tert-OH is 1. The van der Waals surface area contributed by atoms with Gasteiger partial charge in [-0.2, -0.15) is 0 Å². The first kappa shape index (κ1) is 14.0. The lowest BCUT2D eigenvalue weighted by atomic mass is 10.1. The molecule has 2 rings (SSSR count). The fourth-order valence-corrected chi connectivity index (χ4v) is 2.50. The normalized spacial score (nSPS) is 22.6. The van der Waals surface area contributed by atoms with E-state index >= 15 is 0 Å². The summed E-state index contributed by atoms with van der Waals surface area (Å²) in [6.45, 7) is -0.0707. The number of β-amino-alcohol motifs (C(OH)–C–C–N with tert-alkyl or cyclic N) is 1. The second-order valence-electron chi connectivity index (χ2n) is 4.33. The number of amides is 1. The number of carbonyl (C=O) groups is 2. The number of aliphatic carboxylic acids is 1.